The number of nitrogens with zero attached hydrogens (tertiary/aromatic N) is 1. The van der Waals surface area contributed by atoms with E-state index in [9.17, 15) is 0 Å². The fraction of sp³-hybridized carbons (Fsp3) is 0.615. The third-order valence-electron chi connectivity index (χ3n) is 2.90. The second-order valence-corrected chi connectivity index (χ2v) is 4.47. The average molecular weight is 249 g/mol. The van der Waals surface area contributed by atoms with Crippen molar-refractivity contribution in [3.8, 4) is 0 Å². The molecule has 18 heavy (non-hydrogen) atoms. The van der Waals surface area contributed by atoms with Crippen molar-refractivity contribution in [1.29, 1.82) is 0 Å². The highest BCUT2D eigenvalue weighted by atomic mass is 15.1. The molecule has 1 aromatic rings. The van der Waals surface area contributed by atoms with E-state index >= 15 is 0 Å². The highest BCUT2D eigenvalue weighted by molar-refractivity contribution is 5.44. The highest BCUT2D eigenvalue weighted by Crippen LogP contribution is 2.08. The van der Waals surface area contributed by atoms with Crippen molar-refractivity contribution >= 4 is 11.6 Å². The molecular weight excluding hydrogens is 226 g/mol. The largest absolute Gasteiger partial charge is 0.370 e. The minimum atomic E-state index is 0.952. The zero-order valence-electron chi connectivity index (χ0n) is 10.8. The first kappa shape index (κ1) is 13.1. The Bertz CT molecular complexity index is 313. The summed E-state index contributed by atoms with van der Waals surface area (Å²) in [6, 6.07) is 6.06. The van der Waals surface area contributed by atoms with Gasteiger partial charge < -0.3 is 21.3 Å². The summed E-state index contributed by atoms with van der Waals surface area (Å²) in [7, 11) is 0. The molecule has 100 valence electrons. The summed E-state index contributed by atoms with van der Waals surface area (Å²) in [5.41, 5.74) is 0. The van der Waals surface area contributed by atoms with E-state index in [0.29, 0.717) is 0 Å². The summed E-state index contributed by atoms with van der Waals surface area (Å²) >= 11 is 0. The molecule has 5 nitrogen and oxygen atoms in total. The van der Waals surface area contributed by atoms with E-state index in [2.05, 4.69) is 26.3 Å². The van der Waals surface area contributed by atoms with Gasteiger partial charge in [0.05, 0.1) is 0 Å². The van der Waals surface area contributed by atoms with Crippen molar-refractivity contribution in [2.24, 2.45) is 0 Å². The number of pyridine rings is 1. The van der Waals surface area contributed by atoms with Crippen LogP contribution < -0.4 is 21.3 Å². The Labute approximate surface area is 109 Å². The maximum Gasteiger partial charge on any atom is 0.128 e. The summed E-state index contributed by atoms with van der Waals surface area (Å²) in [5, 5.41) is 13.5. The number of hydrogen-bond acceptors (Lipinski definition) is 5. The molecule has 0 saturated heterocycles. The van der Waals surface area contributed by atoms with Gasteiger partial charge in [0.25, 0.3) is 0 Å². The van der Waals surface area contributed by atoms with E-state index in [-0.39, 0.29) is 0 Å². The van der Waals surface area contributed by atoms with Crippen LogP contribution in [0.25, 0.3) is 0 Å². The summed E-state index contributed by atoms with van der Waals surface area (Å²) in [6.07, 6.45) is 2.22. The van der Waals surface area contributed by atoms with Gasteiger partial charge in [-0.1, -0.05) is 6.07 Å². The van der Waals surface area contributed by atoms with Gasteiger partial charge in [-0.2, -0.15) is 0 Å². The van der Waals surface area contributed by atoms with E-state index in [1.165, 1.54) is 0 Å². The standard InChI is InChI=1S/C13H23N5/c1-4-12-16-8-2-6-14-10-11-15-7-3-9-17-13(5-1)18-12/h1,4-5,14-15H,2-3,6-11H2,(H2,16,17,18). The lowest BCUT2D eigenvalue weighted by Crippen LogP contribution is -2.29. The van der Waals surface area contributed by atoms with E-state index in [1.807, 2.05) is 18.2 Å². The van der Waals surface area contributed by atoms with Crippen LogP contribution in [0.3, 0.4) is 0 Å². The van der Waals surface area contributed by atoms with Crippen LogP contribution in [0.2, 0.25) is 0 Å². The van der Waals surface area contributed by atoms with Gasteiger partial charge in [0.1, 0.15) is 11.6 Å². The Morgan fingerprint density at radius 1 is 0.722 bits per heavy atom. The molecule has 2 heterocycles. The number of aromatic nitrogens is 1. The molecule has 0 aliphatic carbocycles. The van der Waals surface area contributed by atoms with E-state index in [1.54, 1.807) is 0 Å². The van der Waals surface area contributed by atoms with Crippen LogP contribution in [0.4, 0.5) is 11.6 Å². The van der Waals surface area contributed by atoms with Gasteiger partial charge in [0, 0.05) is 26.2 Å². The molecule has 1 aliphatic heterocycles. The average Bonchev–Trinajstić information content (AvgIpc) is 2.40. The molecule has 0 atom stereocenters. The quantitative estimate of drug-likeness (QED) is 0.550. The fourth-order valence-corrected chi connectivity index (χ4v) is 1.92. The van der Waals surface area contributed by atoms with Crippen molar-refractivity contribution in [3.05, 3.63) is 18.2 Å². The molecule has 0 unspecified atom stereocenters. The predicted octanol–water partition coefficient (Wildman–Crippen LogP) is 0.878. The van der Waals surface area contributed by atoms with Gasteiger partial charge in [-0.05, 0) is 38.1 Å². The van der Waals surface area contributed by atoms with E-state index in [0.717, 1.165) is 63.7 Å². The fourth-order valence-electron chi connectivity index (χ4n) is 1.92. The third kappa shape index (κ3) is 4.89. The second-order valence-electron chi connectivity index (χ2n) is 4.47. The number of nitrogens with one attached hydrogen (secondary N) is 4. The smallest absolute Gasteiger partial charge is 0.128 e. The molecular formula is C13H23N5. The van der Waals surface area contributed by atoms with Crippen molar-refractivity contribution in [2.75, 3.05) is 49.9 Å². The molecule has 0 saturated carbocycles. The number of rotatable bonds is 0. The molecule has 0 fully saturated rings. The summed E-state index contributed by atoms with van der Waals surface area (Å²) in [4.78, 5) is 4.52. The van der Waals surface area contributed by atoms with Crippen LogP contribution in [0.15, 0.2) is 18.2 Å². The molecule has 5 heteroatoms. The van der Waals surface area contributed by atoms with Gasteiger partial charge >= 0.3 is 0 Å². The third-order valence-corrected chi connectivity index (χ3v) is 2.90. The maximum atomic E-state index is 4.52. The van der Waals surface area contributed by atoms with Crippen molar-refractivity contribution in [3.63, 3.8) is 0 Å². The lowest BCUT2D eigenvalue weighted by molar-refractivity contribution is 0.595. The Morgan fingerprint density at radius 2 is 1.28 bits per heavy atom. The Balaban J connectivity index is 1.87. The van der Waals surface area contributed by atoms with Crippen LogP contribution >= 0.6 is 0 Å². The molecule has 0 radical (unpaired) electrons. The SMILES string of the molecule is c1cc2nc(c1)NCCCNCCNCCCN2. The van der Waals surface area contributed by atoms with Crippen LogP contribution in [0, 0.1) is 0 Å². The molecule has 2 rings (SSSR count). The maximum absolute atomic E-state index is 4.52. The molecule has 0 amide bonds. The lowest BCUT2D eigenvalue weighted by Gasteiger charge is -2.08. The number of hydrogen-bond donors (Lipinski definition) is 4. The van der Waals surface area contributed by atoms with Gasteiger partial charge in [-0.25, -0.2) is 4.98 Å². The molecule has 0 spiro atoms. The van der Waals surface area contributed by atoms with Crippen molar-refractivity contribution in [2.45, 2.75) is 12.8 Å². The molecule has 1 aliphatic rings. The molecule has 4 N–H and O–H groups in total. The van der Waals surface area contributed by atoms with Crippen LogP contribution in [0.5, 0.6) is 0 Å². The van der Waals surface area contributed by atoms with Crippen LogP contribution in [0.1, 0.15) is 12.8 Å². The number of fused-ring (bicyclic) bond motifs is 2. The van der Waals surface area contributed by atoms with Gasteiger partial charge in [0.2, 0.25) is 0 Å². The van der Waals surface area contributed by atoms with E-state index < -0.39 is 0 Å². The first-order valence-corrected chi connectivity index (χ1v) is 6.81. The van der Waals surface area contributed by atoms with Crippen LogP contribution in [-0.4, -0.2) is 44.3 Å². The van der Waals surface area contributed by atoms with E-state index in [4.69, 9.17) is 0 Å². The summed E-state index contributed by atoms with van der Waals surface area (Å²) in [5.74, 6) is 1.90. The Morgan fingerprint density at radius 3 is 1.83 bits per heavy atom. The number of anilines is 2. The molecule has 0 aromatic carbocycles. The van der Waals surface area contributed by atoms with Gasteiger partial charge in [-0.3, -0.25) is 0 Å². The predicted molar refractivity (Wildman–Crippen MR) is 76.2 cm³/mol. The van der Waals surface area contributed by atoms with Gasteiger partial charge in [0.15, 0.2) is 0 Å². The van der Waals surface area contributed by atoms with Crippen molar-refractivity contribution < 1.29 is 0 Å². The Kier molecular flexibility index (Phi) is 5.75. The molecule has 1 aromatic heterocycles. The van der Waals surface area contributed by atoms with Crippen LogP contribution in [-0.2, 0) is 0 Å². The van der Waals surface area contributed by atoms with Crippen molar-refractivity contribution in [1.82, 2.24) is 15.6 Å². The summed E-state index contributed by atoms with van der Waals surface area (Å²) < 4.78 is 0. The lowest BCUT2D eigenvalue weighted by atomic mass is 10.4. The second kappa shape index (κ2) is 7.89. The first-order valence-electron chi connectivity index (χ1n) is 6.81. The Hall–Kier alpha value is -1.33. The highest BCUT2D eigenvalue weighted by Gasteiger charge is 1.98. The summed E-state index contributed by atoms with van der Waals surface area (Å²) in [6.45, 7) is 6.09. The normalized spacial score (nSPS) is 18.9. The van der Waals surface area contributed by atoms with Gasteiger partial charge in [-0.15, -0.1) is 0 Å². The minimum absolute atomic E-state index is 0.952. The first-order chi connectivity index (χ1) is 8.95. The zero-order valence-corrected chi connectivity index (χ0v) is 10.8. The minimum Gasteiger partial charge on any atom is -0.370 e. The zero-order chi connectivity index (χ0) is 12.5. The monoisotopic (exact) mass is 249 g/mol. The topological polar surface area (TPSA) is 61.0 Å². The molecule has 2 bridgehead atoms.